The Balaban J connectivity index is 1.59. The van der Waals surface area contributed by atoms with E-state index in [-0.39, 0.29) is 11.9 Å². The lowest BCUT2D eigenvalue weighted by molar-refractivity contribution is 0.0937. The molecule has 0 aliphatic rings. The summed E-state index contributed by atoms with van der Waals surface area (Å²) in [5.41, 5.74) is 3.74. The van der Waals surface area contributed by atoms with E-state index < -0.39 is 0 Å². The molecule has 4 aromatic rings. The van der Waals surface area contributed by atoms with E-state index in [4.69, 9.17) is 14.5 Å². The average Bonchev–Trinajstić information content (AvgIpc) is 3.21. The molecule has 1 heterocycles. The third-order valence-corrected chi connectivity index (χ3v) is 5.53. The molecule has 0 aliphatic heterocycles. The number of methoxy groups -OCH3 is 2. The molecule has 0 spiro atoms. The Bertz CT molecular complexity index is 1220. The second-order valence-electron chi connectivity index (χ2n) is 7.61. The van der Waals surface area contributed by atoms with Crippen molar-refractivity contribution in [2.45, 2.75) is 25.9 Å². The molecular formula is C26H27N3O3. The van der Waals surface area contributed by atoms with Gasteiger partial charge < -0.3 is 19.4 Å². The van der Waals surface area contributed by atoms with Gasteiger partial charge in [0.25, 0.3) is 5.91 Å². The predicted octanol–water partition coefficient (Wildman–Crippen LogP) is 4.79. The summed E-state index contributed by atoms with van der Waals surface area (Å²) in [6.07, 6.45) is 0.880. The number of imidazole rings is 1. The highest BCUT2D eigenvalue weighted by molar-refractivity contribution is 5.95. The number of ether oxygens (including phenoxy) is 2. The number of carbonyl (C=O) groups is 1. The van der Waals surface area contributed by atoms with Gasteiger partial charge in [-0.3, -0.25) is 4.79 Å². The van der Waals surface area contributed by atoms with Gasteiger partial charge in [0.1, 0.15) is 5.82 Å². The number of aryl methyl sites for hydroxylation is 2. The van der Waals surface area contributed by atoms with Gasteiger partial charge in [-0.25, -0.2) is 4.98 Å². The Morgan fingerprint density at radius 3 is 2.44 bits per heavy atom. The van der Waals surface area contributed by atoms with Crippen LogP contribution in [0.2, 0.25) is 0 Å². The first-order valence-electron chi connectivity index (χ1n) is 10.6. The van der Waals surface area contributed by atoms with Crippen LogP contribution >= 0.6 is 0 Å². The lowest BCUT2D eigenvalue weighted by atomic mass is 10.1. The molecule has 1 N–H and O–H groups in total. The summed E-state index contributed by atoms with van der Waals surface area (Å²) in [7, 11) is 3.12. The third-order valence-electron chi connectivity index (χ3n) is 5.53. The number of rotatable bonds is 8. The average molecular weight is 430 g/mol. The monoisotopic (exact) mass is 429 g/mol. The lowest BCUT2D eigenvalue weighted by Gasteiger charge is -2.17. The number of aromatic nitrogens is 2. The normalized spacial score (nSPS) is 11.8. The van der Waals surface area contributed by atoms with Crippen LogP contribution in [-0.4, -0.2) is 29.7 Å². The maximum absolute atomic E-state index is 13.0. The highest BCUT2D eigenvalue weighted by Crippen LogP contribution is 2.28. The molecule has 1 atom stereocenters. The van der Waals surface area contributed by atoms with Crippen molar-refractivity contribution in [2.24, 2.45) is 0 Å². The van der Waals surface area contributed by atoms with Gasteiger partial charge in [-0.2, -0.15) is 0 Å². The van der Waals surface area contributed by atoms with Crippen molar-refractivity contribution in [3.05, 3.63) is 89.7 Å². The van der Waals surface area contributed by atoms with Crippen LogP contribution in [0, 0.1) is 0 Å². The van der Waals surface area contributed by atoms with E-state index >= 15 is 0 Å². The first kappa shape index (κ1) is 21.4. The quantitative estimate of drug-likeness (QED) is 0.437. The van der Waals surface area contributed by atoms with Crippen LogP contribution in [-0.2, 0) is 13.0 Å². The van der Waals surface area contributed by atoms with Crippen LogP contribution in [0.25, 0.3) is 11.0 Å². The van der Waals surface area contributed by atoms with Crippen LogP contribution < -0.4 is 14.8 Å². The number of nitrogens with one attached hydrogen (secondary N) is 1. The highest BCUT2D eigenvalue weighted by atomic mass is 16.5. The number of hydrogen-bond donors (Lipinski definition) is 1. The fraction of sp³-hybridized carbons (Fsp3) is 0.231. The summed E-state index contributed by atoms with van der Waals surface area (Å²) >= 11 is 0. The third kappa shape index (κ3) is 4.44. The summed E-state index contributed by atoms with van der Waals surface area (Å²) in [6, 6.07) is 23.3. The van der Waals surface area contributed by atoms with Crippen LogP contribution in [0.3, 0.4) is 0 Å². The molecule has 1 amide bonds. The van der Waals surface area contributed by atoms with Crippen LogP contribution in [0.4, 0.5) is 0 Å². The summed E-state index contributed by atoms with van der Waals surface area (Å²) in [4.78, 5) is 17.8. The van der Waals surface area contributed by atoms with E-state index in [1.807, 2.05) is 43.3 Å². The van der Waals surface area contributed by atoms with Gasteiger partial charge >= 0.3 is 0 Å². The van der Waals surface area contributed by atoms with Crippen molar-refractivity contribution >= 4 is 16.9 Å². The number of hydrogen-bond acceptors (Lipinski definition) is 4. The Labute approximate surface area is 187 Å². The molecule has 6 heteroatoms. The van der Waals surface area contributed by atoms with E-state index in [9.17, 15) is 4.79 Å². The largest absolute Gasteiger partial charge is 0.493 e. The maximum atomic E-state index is 13.0. The molecule has 164 valence electrons. The van der Waals surface area contributed by atoms with Gasteiger partial charge in [-0.15, -0.1) is 0 Å². The van der Waals surface area contributed by atoms with Gasteiger partial charge in [0.15, 0.2) is 11.5 Å². The predicted molar refractivity (Wildman–Crippen MR) is 125 cm³/mol. The number of nitrogens with zero attached hydrogens (tertiary/aromatic N) is 2. The molecule has 6 nitrogen and oxygen atoms in total. The molecule has 0 fully saturated rings. The zero-order valence-corrected chi connectivity index (χ0v) is 18.5. The number of carbonyl (C=O) groups excluding carboxylic acids is 1. The molecular weight excluding hydrogens is 402 g/mol. The molecule has 0 saturated carbocycles. The van der Waals surface area contributed by atoms with Gasteiger partial charge in [-0.05, 0) is 49.2 Å². The summed E-state index contributed by atoms with van der Waals surface area (Å²) < 4.78 is 12.8. The molecule has 32 heavy (non-hydrogen) atoms. The van der Waals surface area contributed by atoms with Crippen LogP contribution in [0.1, 0.15) is 34.7 Å². The number of fused-ring (bicyclic) bond motifs is 1. The number of amides is 1. The van der Waals surface area contributed by atoms with Gasteiger partial charge in [0, 0.05) is 12.1 Å². The van der Waals surface area contributed by atoms with E-state index in [1.54, 1.807) is 32.4 Å². The minimum atomic E-state index is -0.279. The zero-order chi connectivity index (χ0) is 22.5. The fourth-order valence-electron chi connectivity index (χ4n) is 3.87. The summed E-state index contributed by atoms with van der Waals surface area (Å²) in [6.45, 7) is 2.73. The minimum absolute atomic E-state index is 0.194. The smallest absolute Gasteiger partial charge is 0.251 e. The van der Waals surface area contributed by atoms with Crippen LogP contribution in [0.5, 0.6) is 11.5 Å². The Morgan fingerprint density at radius 1 is 0.969 bits per heavy atom. The molecule has 4 rings (SSSR count). The number of benzene rings is 3. The molecule has 0 saturated heterocycles. The molecule has 1 aromatic heterocycles. The number of para-hydroxylation sites is 2. The molecule has 0 radical (unpaired) electrons. The lowest BCUT2D eigenvalue weighted by Crippen LogP contribution is -2.29. The highest BCUT2D eigenvalue weighted by Gasteiger charge is 2.20. The van der Waals surface area contributed by atoms with Crippen molar-refractivity contribution in [1.82, 2.24) is 14.9 Å². The fourth-order valence-corrected chi connectivity index (χ4v) is 3.87. The van der Waals surface area contributed by atoms with Gasteiger partial charge in [-0.1, -0.05) is 42.5 Å². The standard InChI is InChI=1S/C26H27N3O3/c1-18(27-26(30)20-13-14-23(31-2)24(17-20)32-3)25-28-21-11-7-8-12-22(21)29(25)16-15-19-9-5-4-6-10-19/h4-14,17-18H,15-16H2,1-3H3,(H,27,30). The molecule has 3 aromatic carbocycles. The molecule has 0 aliphatic carbocycles. The van der Waals surface area contributed by atoms with Crippen molar-refractivity contribution < 1.29 is 14.3 Å². The minimum Gasteiger partial charge on any atom is -0.493 e. The Morgan fingerprint density at radius 2 is 1.69 bits per heavy atom. The van der Waals surface area contributed by atoms with Gasteiger partial charge in [0.05, 0.1) is 31.3 Å². The van der Waals surface area contributed by atoms with Crippen molar-refractivity contribution in [3.63, 3.8) is 0 Å². The van der Waals surface area contributed by atoms with Crippen molar-refractivity contribution in [2.75, 3.05) is 14.2 Å². The topological polar surface area (TPSA) is 65.4 Å². The SMILES string of the molecule is COc1ccc(C(=O)NC(C)c2nc3ccccc3n2CCc2ccccc2)cc1OC. The summed E-state index contributed by atoms with van der Waals surface area (Å²) in [5, 5.41) is 3.08. The second kappa shape index (κ2) is 9.56. The first-order valence-corrected chi connectivity index (χ1v) is 10.6. The van der Waals surface area contributed by atoms with E-state index in [2.05, 4.69) is 28.1 Å². The van der Waals surface area contributed by atoms with Crippen LogP contribution in [0.15, 0.2) is 72.8 Å². The zero-order valence-electron chi connectivity index (χ0n) is 18.5. The van der Waals surface area contributed by atoms with Gasteiger partial charge in [0.2, 0.25) is 0 Å². The Kier molecular flexibility index (Phi) is 6.40. The van der Waals surface area contributed by atoms with Crippen molar-refractivity contribution in [1.29, 1.82) is 0 Å². The first-order chi connectivity index (χ1) is 15.6. The second-order valence-corrected chi connectivity index (χ2v) is 7.61. The van der Waals surface area contributed by atoms with E-state index in [0.29, 0.717) is 17.1 Å². The molecule has 1 unspecified atom stereocenters. The summed E-state index contributed by atoms with van der Waals surface area (Å²) in [5.74, 6) is 1.73. The molecule has 0 bridgehead atoms. The van der Waals surface area contributed by atoms with E-state index in [0.717, 1.165) is 29.8 Å². The van der Waals surface area contributed by atoms with E-state index in [1.165, 1.54) is 5.56 Å². The van der Waals surface area contributed by atoms with Crippen molar-refractivity contribution in [3.8, 4) is 11.5 Å². The maximum Gasteiger partial charge on any atom is 0.251 e. The Hall–Kier alpha value is -3.80.